The number of nitrogens with one attached hydrogen (secondary N) is 1. The minimum Gasteiger partial charge on any atom is -0.326 e. The van der Waals surface area contributed by atoms with E-state index in [1.807, 2.05) is 18.7 Å². The van der Waals surface area contributed by atoms with Crippen LogP contribution in [0, 0.1) is 5.92 Å². The summed E-state index contributed by atoms with van der Waals surface area (Å²) in [6.45, 7) is 9.48. The van der Waals surface area contributed by atoms with E-state index in [2.05, 4.69) is 37.2 Å². The largest absolute Gasteiger partial charge is 0.326 e. The third kappa shape index (κ3) is 4.38. The zero-order chi connectivity index (χ0) is 14.5. The number of carbonyl (C=O) groups excluding carboxylic acids is 1. The van der Waals surface area contributed by atoms with E-state index >= 15 is 0 Å². The number of hydrogen-bond acceptors (Lipinski definition) is 3. The Balaban J connectivity index is 2.63. The van der Waals surface area contributed by atoms with Crippen LogP contribution < -0.4 is 5.32 Å². The molecule has 1 aliphatic rings. The number of amides is 1. The second-order valence-electron chi connectivity index (χ2n) is 6.17. The summed E-state index contributed by atoms with van der Waals surface area (Å²) in [5.74, 6) is 2.10. The summed E-state index contributed by atoms with van der Waals surface area (Å²) >= 11 is 1.88. The Bertz CT molecular complexity index is 296. The standard InChI is InChI=1S/C15H30N2OS/c1-6-15(4)14(18)17(9-7-8-10-19-5)13(16-15)11-12(2)3/h12-13,16H,6-11H2,1-5H3. The quantitative estimate of drug-likeness (QED) is 0.696. The van der Waals surface area contributed by atoms with E-state index in [0.29, 0.717) is 11.8 Å². The second kappa shape index (κ2) is 7.53. The molecule has 3 nitrogen and oxygen atoms in total. The minimum atomic E-state index is -0.348. The predicted octanol–water partition coefficient (Wildman–Crippen LogP) is 3.10. The van der Waals surface area contributed by atoms with E-state index in [-0.39, 0.29) is 11.7 Å². The smallest absolute Gasteiger partial charge is 0.243 e. The second-order valence-corrected chi connectivity index (χ2v) is 7.16. The summed E-state index contributed by atoms with van der Waals surface area (Å²) in [6, 6.07) is 0. The van der Waals surface area contributed by atoms with Crippen molar-refractivity contribution < 1.29 is 4.79 Å². The molecule has 0 aromatic heterocycles. The average Bonchev–Trinajstić information content (AvgIpc) is 2.58. The lowest BCUT2D eigenvalue weighted by atomic mass is 9.99. The average molecular weight is 286 g/mol. The van der Waals surface area contributed by atoms with Gasteiger partial charge in [0, 0.05) is 6.54 Å². The summed E-state index contributed by atoms with van der Waals surface area (Å²) in [5.41, 5.74) is -0.348. The summed E-state index contributed by atoms with van der Waals surface area (Å²) in [5, 5.41) is 3.56. The summed E-state index contributed by atoms with van der Waals surface area (Å²) in [7, 11) is 0. The van der Waals surface area contributed by atoms with Gasteiger partial charge in [0.15, 0.2) is 0 Å². The lowest BCUT2D eigenvalue weighted by molar-refractivity contribution is -0.133. The molecule has 2 unspecified atom stereocenters. The SMILES string of the molecule is CCC1(C)NC(CC(C)C)N(CCCCSC)C1=O. The van der Waals surface area contributed by atoms with Crippen LogP contribution >= 0.6 is 11.8 Å². The molecule has 1 amide bonds. The van der Waals surface area contributed by atoms with Crippen molar-refractivity contribution in [2.75, 3.05) is 18.6 Å². The van der Waals surface area contributed by atoms with Gasteiger partial charge in [0.05, 0.1) is 11.7 Å². The summed E-state index contributed by atoms with van der Waals surface area (Å²) < 4.78 is 0. The maximum atomic E-state index is 12.6. The Morgan fingerprint density at radius 3 is 2.63 bits per heavy atom. The van der Waals surface area contributed by atoms with Crippen LogP contribution in [0.4, 0.5) is 0 Å². The van der Waals surface area contributed by atoms with E-state index in [0.717, 1.165) is 25.8 Å². The Kier molecular flexibility index (Phi) is 6.67. The van der Waals surface area contributed by atoms with Gasteiger partial charge in [-0.3, -0.25) is 10.1 Å². The van der Waals surface area contributed by atoms with E-state index in [9.17, 15) is 4.79 Å². The molecule has 1 rings (SSSR count). The fourth-order valence-corrected chi connectivity index (χ4v) is 3.13. The summed E-state index contributed by atoms with van der Waals surface area (Å²) in [4.78, 5) is 14.7. The lowest BCUT2D eigenvalue weighted by Gasteiger charge is -2.25. The normalized spacial score (nSPS) is 27.6. The molecule has 1 fully saturated rings. The first-order valence-corrected chi connectivity index (χ1v) is 8.91. The highest BCUT2D eigenvalue weighted by atomic mass is 32.2. The van der Waals surface area contributed by atoms with Gasteiger partial charge in [0.2, 0.25) is 5.91 Å². The molecular formula is C15H30N2OS. The summed E-state index contributed by atoms with van der Waals surface area (Å²) in [6.07, 6.45) is 6.58. The van der Waals surface area contributed by atoms with Crippen molar-refractivity contribution in [3.63, 3.8) is 0 Å². The Morgan fingerprint density at radius 2 is 2.11 bits per heavy atom. The van der Waals surface area contributed by atoms with Gasteiger partial charge in [-0.2, -0.15) is 11.8 Å². The predicted molar refractivity (Wildman–Crippen MR) is 84.4 cm³/mol. The topological polar surface area (TPSA) is 32.3 Å². The molecule has 1 saturated heterocycles. The van der Waals surface area contributed by atoms with Gasteiger partial charge in [0.25, 0.3) is 0 Å². The third-order valence-corrected chi connectivity index (χ3v) is 4.69. The highest BCUT2D eigenvalue weighted by molar-refractivity contribution is 7.98. The first-order valence-electron chi connectivity index (χ1n) is 7.52. The van der Waals surface area contributed by atoms with Crippen molar-refractivity contribution >= 4 is 17.7 Å². The van der Waals surface area contributed by atoms with Gasteiger partial charge in [-0.15, -0.1) is 0 Å². The molecule has 4 heteroatoms. The van der Waals surface area contributed by atoms with Crippen molar-refractivity contribution in [2.24, 2.45) is 5.92 Å². The third-order valence-electron chi connectivity index (χ3n) is 3.99. The van der Waals surface area contributed by atoms with E-state index in [1.165, 1.54) is 12.2 Å². The fourth-order valence-electron chi connectivity index (χ4n) is 2.64. The Labute approximate surface area is 122 Å². The van der Waals surface area contributed by atoms with Gasteiger partial charge in [-0.1, -0.05) is 20.8 Å². The molecule has 2 atom stereocenters. The molecule has 0 spiro atoms. The van der Waals surface area contributed by atoms with E-state index < -0.39 is 0 Å². The molecule has 19 heavy (non-hydrogen) atoms. The molecule has 0 bridgehead atoms. The van der Waals surface area contributed by atoms with Crippen LogP contribution in [0.1, 0.15) is 53.4 Å². The van der Waals surface area contributed by atoms with Crippen LogP contribution in [-0.4, -0.2) is 41.1 Å². The maximum Gasteiger partial charge on any atom is 0.243 e. The Morgan fingerprint density at radius 1 is 1.42 bits per heavy atom. The molecule has 0 saturated carbocycles. The van der Waals surface area contributed by atoms with Crippen molar-refractivity contribution in [3.8, 4) is 0 Å². The van der Waals surface area contributed by atoms with Gasteiger partial charge in [-0.25, -0.2) is 0 Å². The molecule has 0 aromatic rings. The number of thioether (sulfide) groups is 1. The highest BCUT2D eigenvalue weighted by Crippen LogP contribution is 2.27. The molecule has 0 radical (unpaired) electrons. The first kappa shape index (κ1) is 16.8. The molecular weight excluding hydrogens is 256 g/mol. The first-order chi connectivity index (χ1) is 8.94. The zero-order valence-corrected chi connectivity index (χ0v) is 14.0. The van der Waals surface area contributed by atoms with Gasteiger partial charge in [-0.05, 0) is 50.5 Å². The van der Waals surface area contributed by atoms with Crippen LogP contribution in [0.5, 0.6) is 0 Å². The molecule has 1 aliphatic heterocycles. The van der Waals surface area contributed by atoms with Crippen LogP contribution in [0.15, 0.2) is 0 Å². The van der Waals surface area contributed by atoms with Crippen LogP contribution in [-0.2, 0) is 4.79 Å². The monoisotopic (exact) mass is 286 g/mol. The number of nitrogens with zero attached hydrogens (tertiary/aromatic N) is 1. The van der Waals surface area contributed by atoms with Gasteiger partial charge >= 0.3 is 0 Å². The van der Waals surface area contributed by atoms with Gasteiger partial charge < -0.3 is 4.90 Å². The van der Waals surface area contributed by atoms with E-state index in [4.69, 9.17) is 0 Å². The number of hydrogen-bond donors (Lipinski definition) is 1. The molecule has 0 aromatic carbocycles. The van der Waals surface area contributed by atoms with Crippen LogP contribution in [0.25, 0.3) is 0 Å². The highest BCUT2D eigenvalue weighted by Gasteiger charge is 2.46. The zero-order valence-electron chi connectivity index (χ0n) is 13.2. The van der Waals surface area contributed by atoms with Crippen molar-refractivity contribution in [1.29, 1.82) is 0 Å². The van der Waals surface area contributed by atoms with Gasteiger partial charge in [0.1, 0.15) is 0 Å². The molecule has 112 valence electrons. The van der Waals surface area contributed by atoms with E-state index in [1.54, 1.807) is 0 Å². The number of unbranched alkanes of at least 4 members (excludes halogenated alkanes) is 1. The molecule has 1 heterocycles. The van der Waals surface area contributed by atoms with Crippen LogP contribution in [0.3, 0.4) is 0 Å². The van der Waals surface area contributed by atoms with Crippen molar-refractivity contribution in [1.82, 2.24) is 10.2 Å². The molecule has 1 N–H and O–H groups in total. The maximum absolute atomic E-state index is 12.6. The molecule has 0 aliphatic carbocycles. The minimum absolute atomic E-state index is 0.228. The number of rotatable bonds is 8. The fraction of sp³-hybridized carbons (Fsp3) is 0.933. The van der Waals surface area contributed by atoms with Crippen molar-refractivity contribution in [3.05, 3.63) is 0 Å². The number of carbonyl (C=O) groups is 1. The van der Waals surface area contributed by atoms with Crippen molar-refractivity contribution in [2.45, 2.75) is 65.1 Å². The van der Waals surface area contributed by atoms with Crippen LogP contribution in [0.2, 0.25) is 0 Å². The lowest BCUT2D eigenvalue weighted by Crippen LogP contribution is -2.44. The Hall–Kier alpha value is -0.220.